The molecule has 0 aliphatic carbocycles. The van der Waals surface area contributed by atoms with Gasteiger partial charge in [0.1, 0.15) is 5.41 Å². The zero-order chi connectivity index (χ0) is 8.36. The van der Waals surface area contributed by atoms with Gasteiger partial charge in [-0.2, -0.15) is 0 Å². The minimum absolute atomic E-state index is 0.144. The van der Waals surface area contributed by atoms with Crippen LogP contribution in [0.15, 0.2) is 0 Å². The molecule has 0 aromatic rings. The van der Waals surface area contributed by atoms with E-state index in [2.05, 4.69) is 15.9 Å². The van der Waals surface area contributed by atoms with Crippen molar-refractivity contribution in [2.24, 2.45) is 5.41 Å². The van der Waals surface area contributed by atoms with E-state index in [1.807, 2.05) is 0 Å². The first-order valence-corrected chi connectivity index (χ1v) is 4.28. The fourth-order valence-corrected chi connectivity index (χ4v) is 1.37. The molecule has 0 rings (SSSR count). The normalized spacial score (nSPS) is 11.2. The van der Waals surface area contributed by atoms with Crippen LogP contribution in [0.25, 0.3) is 0 Å². The van der Waals surface area contributed by atoms with Gasteiger partial charge in [-0.3, -0.25) is 9.59 Å². The van der Waals surface area contributed by atoms with E-state index < -0.39 is 15.9 Å². The molecule has 0 amide bonds. The van der Waals surface area contributed by atoms with Gasteiger partial charge in [-0.25, -0.2) is 0 Å². The van der Waals surface area contributed by atoms with E-state index in [1.165, 1.54) is 6.92 Å². The van der Waals surface area contributed by atoms with Crippen LogP contribution in [0.5, 0.6) is 0 Å². The van der Waals surface area contributed by atoms with E-state index in [-0.39, 0.29) is 5.33 Å². The second kappa shape index (κ2) is 3.69. The van der Waals surface area contributed by atoms with Crippen molar-refractivity contribution in [2.45, 2.75) is 6.92 Å². The Morgan fingerprint density at radius 1 is 1.40 bits per heavy atom. The number of alkyl halides is 1. The summed E-state index contributed by atoms with van der Waals surface area (Å²) >= 11 is 13.2. The topological polar surface area (TPSA) is 34.1 Å². The zero-order valence-electron chi connectivity index (χ0n) is 5.16. The Kier molecular flexibility index (Phi) is 3.84. The molecule has 2 nitrogen and oxygen atoms in total. The lowest BCUT2D eigenvalue weighted by Gasteiger charge is -2.15. The highest BCUT2D eigenvalue weighted by atomic mass is 79.9. The van der Waals surface area contributed by atoms with Crippen LogP contribution in [0.2, 0.25) is 0 Å². The van der Waals surface area contributed by atoms with Crippen molar-refractivity contribution in [2.75, 3.05) is 5.33 Å². The van der Waals surface area contributed by atoms with Crippen LogP contribution in [0, 0.1) is 5.41 Å². The van der Waals surface area contributed by atoms with Crippen molar-refractivity contribution in [1.29, 1.82) is 0 Å². The number of hydrogen-bond acceptors (Lipinski definition) is 2. The highest BCUT2D eigenvalue weighted by Gasteiger charge is 2.37. The number of hydrogen-bond donors (Lipinski definition) is 0. The molecule has 0 saturated carbocycles. The summed E-state index contributed by atoms with van der Waals surface area (Å²) in [6, 6.07) is 0. The van der Waals surface area contributed by atoms with Crippen LogP contribution in [-0.4, -0.2) is 15.8 Å². The van der Waals surface area contributed by atoms with E-state index in [1.54, 1.807) is 0 Å². The Bertz CT molecular complexity index is 155. The van der Waals surface area contributed by atoms with Crippen LogP contribution >= 0.6 is 39.1 Å². The Morgan fingerprint density at radius 2 is 1.70 bits per heavy atom. The molecule has 0 radical (unpaired) electrons. The van der Waals surface area contributed by atoms with Crippen molar-refractivity contribution in [3.63, 3.8) is 0 Å². The smallest absolute Gasteiger partial charge is 0.237 e. The van der Waals surface area contributed by atoms with E-state index in [4.69, 9.17) is 23.2 Å². The molecule has 0 atom stereocenters. The molecule has 10 heavy (non-hydrogen) atoms. The highest BCUT2D eigenvalue weighted by molar-refractivity contribution is 9.09. The second-order valence-corrected chi connectivity index (χ2v) is 3.26. The molecule has 0 fully saturated rings. The minimum atomic E-state index is -1.29. The van der Waals surface area contributed by atoms with Gasteiger partial charge in [-0.15, -0.1) is 0 Å². The van der Waals surface area contributed by atoms with Crippen molar-refractivity contribution in [3.8, 4) is 0 Å². The zero-order valence-corrected chi connectivity index (χ0v) is 8.26. The average molecular weight is 248 g/mol. The maximum atomic E-state index is 10.6. The Morgan fingerprint density at radius 3 is 1.70 bits per heavy atom. The first-order valence-electron chi connectivity index (χ1n) is 2.41. The fraction of sp³-hybridized carbons (Fsp3) is 0.600. The van der Waals surface area contributed by atoms with Crippen LogP contribution < -0.4 is 0 Å². The largest absolute Gasteiger partial charge is 0.280 e. The van der Waals surface area contributed by atoms with Crippen LogP contribution in [0.3, 0.4) is 0 Å². The van der Waals surface area contributed by atoms with E-state index in [0.717, 1.165) is 0 Å². The summed E-state index contributed by atoms with van der Waals surface area (Å²) in [6.45, 7) is 1.38. The molecule has 58 valence electrons. The van der Waals surface area contributed by atoms with Crippen molar-refractivity contribution in [3.05, 3.63) is 0 Å². The van der Waals surface area contributed by atoms with Crippen molar-refractivity contribution in [1.82, 2.24) is 0 Å². The third-order valence-corrected chi connectivity index (χ3v) is 3.09. The lowest BCUT2D eigenvalue weighted by atomic mass is 9.98. The summed E-state index contributed by atoms with van der Waals surface area (Å²) in [6.07, 6.45) is 0. The van der Waals surface area contributed by atoms with Gasteiger partial charge < -0.3 is 0 Å². The minimum Gasteiger partial charge on any atom is -0.280 e. The molecular weight excluding hydrogens is 243 g/mol. The molecule has 0 spiro atoms. The lowest BCUT2D eigenvalue weighted by Crippen LogP contribution is -2.32. The molecule has 0 aliphatic rings. The third kappa shape index (κ3) is 1.94. The van der Waals surface area contributed by atoms with Crippen LogP contribution in [0.1, 0.15) is 6.92 Å². The lowest BCUT2D eigenvalue weighted by molar-refractivity contribution is -0.128. The van der Waals surface area contributed by atoms with Crippen LogP contribution in [-0.2, 0) is 9.59 Å². The number of carbonyl (C=O) groups excluding carboxylic acids is 2. The summed E-state index contributed by atoms with van der Waals surface area (Å²) in [5.41, 5.74) is -1.29. The molecule has 0 saturated heterocycles. The highest BCUT2D eigenvalue weighted by Crippen LogP contribution is 2.25. The van der Waals surface area contributed by atoms with Crippen molar-refractivity contribution < 1.29 is 9.59 Å². The molecule has 0 aromatic heterocycles. The standard InChI is InChI=1S/C5H5BrCl2O2/c1-5(2-6,3(7)9)4(8)10/h2H2,1H3. The van der Waals surface area contributed by atoms with Gasteiger partial charge in [0, 0.05) is 5.33 Å². The maximum absolute atomic E-state index is 10.6. The molecular formula is C5H5BrCl2O2. The molecule has 0 aromatic carbocycles. The second-order valence-electron chi connectivity index (χ2n) is 2.01. The van der Waals surface area contributed by atoms with Gasteiger partial charge in [0.05, 0.1) is 0 Å². The molecule has 0 bridgehead atoms. The first kappa shape index (κ1) is 10.4. The van der Waals surface area contributed by atoms with E-state index >= 15 is 0 Å². The predicted molar refractivity (Wildman–Crippen MR) is 43.6 cm³/mol. The average Bonchev–Trinajstić information content (AvgIpc) is 1.85. The Labute approximate surface area is 77.0 Å². The monoisotopic (exact) mass is 246 g/mol. The Hall–Kier alpha value is 0.400. The molecule has 5 heteroatoms. The Balaban J connectivity index is 4.55. The summed E-state index contributed by atoms with van der Waals surface area (Å²) in [7, 11) is 0. The number of halogens is 3. The fourth-order valence-electron chi connectivity index (χ4n) is 0.182. The quantitative estimate of drug-likeness (QED) is 0.434. The summed E-state index contributed by atoms with van der Waals surface area (Å²) < 4.78 is 0. The van der Waals surface area contributed by atoms with E-state index in [0.29, 0.717) is 0 Å². The number of rotatable bonds is 3. The number of carbonyl (C=O) groups is 2. The summed E-state index contributed by atoms with van der Waals surface area (Å²) in [4.78, 5) is 21.1. The van der Waals surface area contributed by atoms with Gasteiger partial charge in [-0.1, -0.05) is 15.9 Å². The third-order valence-electron chi connectivity index (χ3n) is 1.13. The van der Waals surface area contributed by atoms with Gasteiger partial charge in [0.2, 0.25) is 10.5 Å². The van der Waals surface area contributed by atoms with E-state index in [9.17, 15) is 9.59 Å². The van der Waals surface area contributed by atoms with Gasteiger partial charge in [0.15, 0.2) is 0 Å². The van der Waals surface area contributed by atoms with Gasteiger partial charge in [-0.05, 0) is 30.1 Å². The SMILES string of the molecule is CC(CBr)(C(=O)Cl)C(=O)Cl. The summed E-state index contributed by atoms with van der Waals surface area (Å²) in [5.74, 6) is 0. The molecule has 0 N–H and O–H groups in total. The van der Waals surface area contributed by atoms with Crippen molar-refractivity contribution >= 4 is 49.6 Å². The first-order chi connectivity index (χ1) is 4.45. The van der Waals surface area contributed by atoms with Crippen LogP contribution in [0.4, 0.5) is 0 Å². The molecule has 0 heterocycles. The van der Waals surface area contributed by atoms with Gasteiger partial charge >= 0.3 is 0 Å². The molecule has 0 aliphatic heterocycles. The predicted octanol–water partition coefficient (Wildman–Crippen LogP) is 1.92. The van der Waals surface area contributed by atoms with Gasteiger partial charge in [0.25, 0.3) is 0 Å². The molecule has 0 unspecified atom stereocenters. The summed E-state index contributed by atoms with van der Waals surface area (Å²) in [5, 5.41) is -1.35. The maximum Gasteiger partial charge on any atom is 0.237 e.